The molecule has 0 saturated heterocycles. The smallest absolute Gasteiger partial charge is 0.418 e. The Morgan fingerprint density at radius 2 is 1.74 bits per heavy atom. The molecule has 0 aliphatic carbocycles. The van der Waals surface area contributed by atoms with Gasteiger partial charge in [-0.25, -0.2) is 0 Å². The third-order valence-electron chi connectivity index (χ3n) is 3.05. The number of hydrogen-bond acceptors (Lipinski definition) is 4. The lowest BCUT2D eigenvalue weighted by Crippen LogP contribution is -2.08. The third kappa shape index (κ3) is 3.94. The van der Waals surface area contributed by atoms with Crippen molar-refractivity contribution < 1.29 is 22.6 Å². The molecule has 0 aromatic heterocycles. The fraction of sp³-hybridized carbons (Fsp3) is 0.188. The Hall–Kier alpha value is -2.70. The number of methoxy groups -OCH3 is 2. The molecule has 0 saturated carbocycles. The monoisotopic (exact) mass is 324 g/mol. The van der Waals surface area contributed by atoms with Crippen LogP contribution in [0, 0.1) is 0 Å². The Balaban J connectivity index is 2.24. The molecule has 0 unspecified atom stereocenters. The van der Waals surface area contributed by atoms with Gasteiger partial charge in [0.15, 0.2) is 11.5 Å². The molecule has 0 fully saturated rings. The van der Waals surface area contributed by atoms with E-state index in [0.29, 0.717) is 17.1 Å². The molecule has 23 heavy (non-hydrogen) atoms. The number of hydrazone groups is 1. The average molecular weight is 324 g/mol. The van der Waals surface area contributed by atoms with Crippen LogP contribution in [0.25, 0.3) is 0 Å². The highest BCUT2D eigenvalue weighted by Crippen LogP contribution is 2.34. The van der Waals surface area contributed by atoms with E-state index in [9.17, 15) is 13.2 Å². The summed E-state index contributed by atoms with van der Waals surface area (Å²) < 4.78 is 49.0. The van der Waals surface area contributed by atoms with Crippen molar-refractivity contribution in [1.82, 2.24) is 0 Å². The molecular formula is C16H15F3N2O2. The topological polar surface area (TPSA) is 42.8 Å². The third-order valence-corrected chi connectivity index (χ3v) is 3.05. The van der Waals surface area contributed by atoms with Crippen LogP contribution >= 0.6 is 0 Å². The number of nitrogens with one attached hydrogen (secondary N) is 1. The summed E-state index contributed by atoms with van der Waals surface area (Å²) in [7, 11) is 2.97. The Morgan fingerprint density at radius 3 is 2.39 bits per heavy atom. The van der Waals surface area contributed by atoms with Gasteiger partial charge in [0.25, 0.3) is 0 Å². The molecule has 4 nitrogen and oxygen atoms in total. The van der Waals surface area contributed by atoms with E-state index in [1.807, 2.05) is 0 Å². The maximum atomic E-state index is 12.9. The minimum Gasteiger partial charge on any atom is -0.493 e. The van der Waals surface area contributed by atoms with Gasteiger partial charge < -0.3 is 9.47 Å². The molecule has 1 N–H and O–H groups in total. The first-order chi connectivity index (χ1) is 11.0. The Bertz CT molecular complexity index is 700. The first-order valence-electron chi connectivity index (χ1n) is 6.63. The molecule has 0 aliphatic heterocycles. The molecule has 0 radical (unpaired) electrons. The van der Waals surface area contributed by atoms with Gasteiger partial charge in [0.1, 0.15) is 0 Å². The zero-order valence-corrected chi connectivity index (χ0v) is 12.5. The van der Waals surface area contributed by atoms with Crippen LogP contribution in [-0.4, -0.2) is 20.4 Å². The second-order valence-corrected chi connectivity index (χ2v) is 4.50. The average Bonchev–Trinajstić information content (AvgIpc) is 2.54. The Morgan fingerprint density at radius 1 is 1.00 bits per heavy atom. The quantitative estimate of drug-likeness (QED) is 0.663. The first kappa shape index (κ1) is 16.7. The predicted octanol–water partition coefficient (Wildman–Crippen LogP) is 4.17. The van der Waals surface area contributed by atoms with Crippen LogP contribution in [0.15, 0.2) is 47.6 Å². The Kier molecular flexibility index (Phi) is 5.10. The van der Waals surface area contributed by atoms with Gasteiger partial charge in [-0.1, -0.05) is 18.2 Å². The molecule has 0 heterocycles. The van der Waals surface area contributed by atoms with E-state index in [0.717, 1.165) is 6.07 Å². The summed E-state index contributed by atoms with van der Waals surface area (Å²) in [6.45, 7) is 0. The molecule has 0 spiro atoms. The van der Waals surface area contributed by atoms with Crippen molar-refractivity contribution in [2.24, 2.45) is 5.10 Å². The lowest BCUT2D eigenvalue weighted by Gasteiger charge is -2.12. The van der Waals surface area contributed by atoms with Crippen molar-refractivity contribution in [3.05, 3.63) is 53.6 Å². The molecule has 2 rings (SSSR count). The zero-order valence-electron chi connectivity index (χ0n) is 12.5. The number of para-hydroxylation sites is 2. The summed E-state index contributed by atoms with van der Waals surface area (Å²) in [5, 5.41) is 3.86. The minimum absolute atomic E-state index is 0.127. The van der Waals surface area contributed by atoms with Crippen LogP contribution < -0.4 is 14.9 Å². The molecule has 7 heteroatoms. The second-order valence-electron chi connectivity index (χ2n) is 4.50. The maximum Gasteiger partial charge on any atom is 0.418 e. The number of ether oxygens (including phenoxy) is 2. The number of nitrogens with zero attached hydrogens (tertiary/aromatic N) is 1. The summed E-state index contributed by atoms with van der Waals surface area (Å²) in [4.78, 5) is 0. The van der Waals surface area contributed by atoms with E-state index in [2.05, 4.69) is 10.5 Å². The molecule has 0 amide bonds. The maximum absolute atomic E-state index is 12.9. The predicted molar refractivity (Wildman–Crippen MR) is 82.2 cm³/mol. The number of anilines is 1. The van der Waals surface area contributed by atoms with Gasteiger partial charge in [-0.3, -0.25) is 5.43 Å². The highest BCUT2D eigenvalue weighted by atomic mass is 19.4. The summed E-state index contributed by atoms with van der Waals surface area (Å²) >= 11 is 0. The number of rotatable bonds is 5. The first-order valence-corrected chi connectivity index (χ1v) is 6.63. The molecule has 2 aromatic rings. The molecule has 0 aliphatic rings. The van der Waals surface area contributed by atoms with E-state index in [-0.39, 0.29) is 5.69 Å². The zero-order chi connectivity index (χ0) is 16.9. The van der Waals surface area contributed by atoms with E-state index >= 15 is 0 Å². The van der Waals surface area contributed by atoms with E-state index in [1.54, 1.807) is 18.2 Å². The van der Waals surface area contributed by atoms with Crippen LogP contribution in [0.1, 0.15) is 11.1 Å². The summed E-state index contributed by atoms with van der Waals surface area (Å²) in [6.07, 6.45) is -3.08. The molecule has 0 bridgehead atoms. The molecule has 122 valence electrons. The highest BCUT2D eigenvalue weighted by Gasteiger charge is 2.33. The Labute approximate surface area is 131 Å². The standard InChI is InChI=1S/C16H15F3N2O2/c1-22-14-9-5-6-11(15(14)23-2)10-20-21-13-8-4-3-7-12(13)16(17,18)19/h3-10,21H,1-2H3/b20-10+. The van der Waals surface area contributed by atoms with Gasteiger partial charge in [0.2, 0.25) is 0 Å². The van der Waals surface area contributed by atoms with Crippen molar-refractivity contribution in [2.45, 2.75) is 6.18 Å². The van der Waals surface area contributed by atoms with E-state index in [4.69, 9.17) is 9.47 Å². The molecule has 0 atom stereocenters. The van der Waals surface area contributed by atoms with Crippen molar-refractivity contribution in [1.29, 1.82) is 0 Å². The lowest BCUT2D eigenvalue weighted by molar-refractivity contribution is -0.136. The van der Waals surface area contributed by atoms with Crippen molar-refractivity contribution in [3.63, 3.8) is 0 Å². The summed E-state index contributed by atoms with van der Waals surface area (Å²) in [6, 6.07) is 10.3. The largest absolute Gasteiger partial charge is 0.493 e. The second kappa shape index (κ2) is 7.04. The summed E-state index contributed by atoms with van der Waals surface area (Å²) in [5.74, 6) is 0.955. The SMILES string of the molecule is COc1cccc(/C=N/Nc2ccccc2C(F)(F)F)c1OC. The van der Waals surface area contributed by atoms with Gasteiger partial charge in [-0.2, -0.15) is 18.3 Å². The van der Waals surface area contributed by atoms with Gasteiger partial charge in [0.05, 0.1) is 31.7 Å². The van der Waals surface area contributed by atoms with Crippen LogP contribution in [0.5, 0.6) is 11.5 Å². The van der Waals surface area contributed by atoms with Crippen LogP contribution in [0.3, 0.4) is 0 Å². The van der Waals surface area contributed by atoms with Gasteiger partial charge in [-0.05, 0) is 24.3 Å². The molecule has 2 aromatic carbocycles. The van der Waals surface area contributed by atoms with Gasteiger partial charge in [0, 0.05) is 5.56 Å². The fourth-order valence-electron chi connectivity index (χ4n) is 2.01. The van der Waals surface area contributed by atoms with Crippen molar-refractivity contribution in [2.75, 3.05) is 19.6 Å². The van der Waals surface area contributed by atoms with Crippen LogP contribution in [0.2, 0.25) is 0 Å². The number of benzene rings is 2. The summed E-state index contributed by atoms with van der Waals surface area (Å²) in [5.41, 5.74) is 2.07. The van der Waals surface area contributed by atoms with Gasteiger partial charge >= 0.3 is 6.18 Å². The fourth-order valence-corrected chi connectivity index (χ4v) is 2.01. The van der Waals surface area contributed by atoms with Gasteiger partial charge in [-0.15, -0.1) is 0 Å². The van der Waals surface area contributed by atoms with E-state index < -0.39 is 11.7 Å². The van der Waals surface area contributed by atoms with Crippen LogP contribution in [0.4, 0.5) is 18.9 Å². The lowest BCUT2D eigenvalue weighted by atomic mass is 10.2. The number of hydrogen-bond donors (Lipinski definition) is 1. The van der Waals surface area contributed by atoms with Crippen LogP contribution in [-0.2, 0) is 6.18 Å². The van der Waals surface area contributed by atoms with E-state index in [1.165, 1.54) is 38.6 Å². The number of alkyl halides is 3. The van der Waals surface area contributed by atoms with Crippen molar-refractivity contribution >= 4 is 11.9 Å². The normalized spacial score (nSPS) is 11.5. The number of halogens is 3. The van der Waals surface area contributed by atoms with Crippen molar-refractivity contribution in [3.8, 4) is 11.5 Å². The minimum atomic E-state index is -4.45. The highest BCUT2D eigenvalue weighted by molar-refractivity contribution is 5.85. The molecular weight excluding hydrogens is 309 g/mol.